The molecule has 1 aromatic heterocycles. The number of anilines is 1. The van der Waals surface area contributed by atoms with E-state index in [0.29, 0.717) is 11.6 Å². The zero-order chi connectivity index (χ0) is 30.1. The monoisotopic (exact) mass is 596 g/mol. The van der Waals surface area contributed by atoms with Crippen LogP contribution in [0.5, 0.6) is 0 Å². The van der Waals surface area contributed by atoms with E-state index in [1.807, 2.05) is 68.4 Å². The molecule has 2 amide bonds. The van der Waals surface area contributed by atoms with Crippen molar-refractivity contribution >= 4 is 58.4 Å². The molecular weight excluding hydrogens is 569 g/mol. The Kier molecular flexibility index (Phi) is 8.11. The standard InChI is InChI=1S/C32H28N4O4S2/c1-19(2)22-5-7-25(8-6-22)35-31(38)29(30(37)33-32(35)41)18-23-17-20(3)34(21(23)4)24-9-13-27(14-10-24)42-28-15-11-26(12-16-28)36(39)40/h5-19H,1-4H3,(H,33,37,41)/b29-18+. The van der Waals surface area contributed by atoms with E-state index in [-0.39, 0.29) is 16.4 Å². The smallest absolute Gasteiger partial charge is 0.270 e. The van der Waals surface area contributed by atoms with Crippen LogP contribution in [0.2, 0.25) is 0 Å². The number of nitro benzene ring substituents is 1. The molecule has 0 bridgehead atoms. The molecule has 2 heterocycles. The Morgan fingerprint density at radius 2 is 1.48 bits per heavy atom. The van der Waals surface area contributed by atoms with E-state index in [2.05, 4.69) is 23.7 Å². The van der Waals surface area contributed by atoms with Crippen molar-refractivity contribution in [1.29, 1.82) is 0 Å². The van der Waals surface area contributed by atoms with Crippen LogP contribution in [0.4, 0.5) is 11.4 Å². The first kappa shape index (κ1) is 29.0. The average molecular weight is 597 g/mol. The molecule has 0 saturated carbocycles. The summed E-state index contributed by atoms with van der Waals surface area (Å²) in [5, 5.41) is 13.6. The van der Waals surface area contributed by atoms with Crippen molar-refractivity contribution in [3.8, 4) is 5.69 Å². The summed E-state index contributed by atoms with van der Waals surface area (Å²) in [5.74, 6) is -0.658. The largest absolute Gasteiger partial charge is 0.318 e. The number of non-ortho nitro benzene ring substituents is 1. The van der Waals surface area contributed by atoms with Gasteiger partial charge in [0.2, 0.25) is 0 Å². The zero-order valence-electron chi connectivity index (χ0n) is 23.5. The van der Waals surface area contributed by atoms with Gasteiger partial charge in [0, 0.05) is 39.0 Å². The molecule has 212 valence electrons. The Morgan fingerprint density at radius 3 is 2.05 bits per heavy atom. The Balaban J connectivity index is 1.40. The molecule has 42 heavy (non-hydrogen) atoms. The van der Waals surface area contributed by atoms with E-state index in [0.717, 1.165) is 38.0 Å². The van der Waals surface area contributed by atoms with Gasteiger partial charge in [-0.2, -0.15) is 0 Å². The van der Waals surface area contributed by atoms with Gasteiger partial charge in [-0.25, -0.2) is 0 Å². The predicted molar refractivity (Wildman–Crippen MR) is 169 cm³/mol. The first-order valence-corrected chi connectivity index (χ1v) is 14.5. The van der Waals surface area contributed by atoms with Gasteiger partial charge in [0.25, 0.3) is 17.5 Å². The van der Waals surface area contributed by atoms with Gasteiger partial charge >= 0.3 is 0 Å². The second-order valence-corrected chi connectivity index (χ2v) is 11.7. The molecule has 1 aliphatic rings. The maximum Gasteiger partial charge on any atom is 0.270 e. The number of rotatable bonds is 7. The number of aromatic nitrogens is 1. The van der Waals surface area contributed by atoms with Crippen molar-refractivity contribution in [3.05, 3.63) is 117 Å². The van der Waals surface area contributed by atoms with Crippen LogP contribution in [0.15, 0.2) is 94.2 Å². The van der Waals surface area contributed by atoms with Gasteiger partial charge in [0.15, 0.2) is 5.11 Å². The number of hydrogen-bond acceptors (Lipinski definition) is 6. The molecule has 1 fully saturated rings. The van der Waals surface area contributed by atoms with Crippen LogP contribution in [0, 0.1) is 24.0 Å². The molecule has 0 aliphatic carbocycles. The van der Waals surface area contributed by atoms with E-state index >= 15 is 0 Å². The Labute approximate surface area is 253 Å². The number of carbonyl (C=O) groups is 2. The van der Waals surface area contributed by atoms with Crippen molar-refractivity contribution in [1.82, 2.24) is 9.88 Å². The van der Waals surface area contributed by atoms with E-state index < -0.39 is 16.7 Å². The molecule has 0 radical (unpaired) electrons. The van der Waals surface area contributed by atoms with Gasteiger partial charge in [0.1, 0.15) is 5.57 Å². The molecule has 8 nitrogen and oxygen atoms in total. The third-order valence-corrected chi connectivity index (χ3v) is 8.37. The van der Waals surface area contributed by atoms with Crippen LogP contribution in [-0.2, 0) is 9.59 Å². The number of aryl methyl sites for hydroxylation is 1. The maximum atomic E-state index is 13.5. The summed E-state index contributed by atoms with van der Waals surface area (Å²) in [6.07, 6.45) is 1.62. The molecule has 10 heteroatoms. The lowest BCUT2D eigenvalue weighted by atomic mass is 10.0. The number of benzene rings is 3. The van der Waals surface area contributed by atoms with Gasteiger partial charge < -0.3 is 4.57 Å². The van der Waals surface area contributed by atoms with E-state index in [1.165, 1.54) is 28.8 Å². The average Bonchev–Trinajstić information content (AvgIpc) is 3.24. The van der Waals surface area contributed by atoms with Crippen molar-refractivity contribution in [2.75, 3.05) is 4.90 Å². The predicted octanol–water partition coefficient (Wildman–Crippen LogP) is 7.11. The molecule has 0 unspecified atom stereocenters. The highest BCUT2D eigenvalue weighted by molar-refractivity contribution is 7.99. The molecule has 4 aromatic rings. The lowest BCUT2D eigenvalue weighted by Gasteiger charge is -2.29. The summed E-state index contributed by atoms with van der Waals surface area (Å²) in [4.78, 5) is 40.2. The maximum absolute atomic E-state index is 13.5. The van der Waals surface area contributed by atoms with E-state index in [1.54, 1.807) is 18.2 Å². The van der Waals surface area contributed by atoms with Gasteiger partial charge in [0.05, 0.1) is 10.6 Å². The number of carbonyl (C=O) groups excluding carboxylic acids is 2. The summed E-state index contributed by atoms with van der Waals surface area (Å²) in [6.45, 7) is 8.10. The first-order valence-electron chi connectivity index (χ1n) is 13.3. The summed E-state index contributed by atoms with van der Waals surface area (Å²) in [7, 11) is 0. The van der Waals surface area contributed by atoms with Gasteiger partial charge in [-0.1, -0.05) is 37.7 Å². The minimum atomic E-state index is -0.530. The lowest BCUT2D eigenvalue weighted by Crippen LogP contribution is -2.54. The first-order chi connectivity index (χ1) is 20.0. The number of hydrogen-bond donors (Lipinski definition) is 1. The Morgan fingerprint density at radius 1 is 0.905 bits per heavy atom. The SMILES string of the molecule is Cc1cc(/C=C2\C(=O)NC(=S)N(c3ccc(C(C)C)cc3)C2=O)c(C)n1-c1ccc(Sc2ccc([N+](=O)[O-])cc2)cc1. The van der Waals surface area contributed by atoms with Crippen LogP contribution < -0.4 is 10.2 Å². The van der Waals surface area contributed by atoms with Crippen molar-refractivity contribution < 1.29 is 14.5 Å². The Hall–Kier alpha value is -4.54. The van der Waals surface area contributed by atoms with E-state index in [9.17, 15) is 19.7 Å². The lowest BCUT2D eigenvalue weighted by molar-refractivity contribution is -0.384. The highest BCUT2D eigenvalue weighted by Crippen LogP contribution is 2.31. The quantitative estimate of drug-likeness (QED) is 0.0803. The molecule has 5 rings (SSSR count). The summed E-state index contributed by atoms with van der Waals surface area (Å²) in [6, 6.07) is 23.9. The van der Waals surface area contributed by atoms with Crippen LogP contribution in [0.3, 0.4) is 0 Å². The van der Waals surface area contributed by atoms with E-state index in [4.69, 9.17) is 12.2 Å². The fraction of sp³-hybridized carbons (Fsp3) is 0.156. The molecular formula is C32H28N4O4S2. The fourth-order valence-corrected chi connectivity index (χ4v) is 5.92. The van der Waals surface area contributed by atoms with Crippen LogP contribution in [0.25, 0.3) is 11.8 Å². The second kappa shape index (κ2) is 11.8. The highest BCUT2D eigenvalue weighted by atomic mass is 32.2. The molecule has 1 saturated heterocycles. The van der Waals surface area contributed by atoms with Crippen molar-refractivity contribution in [2.24, 2.45) is 0 Å². The molecule has 0 spiro atoms. The minimum absolute atomic E-state index is 0.00614. The highest BCUT2D eigenvalue weighted by Gasteiger charge is 2.34. The summed E-state index contributed by atoms with van der Waals surface area (Å²) >= 11 is 6.87. The summed E-state index contributed by atoms with van der Waals surface area (Å²) < 4.78 is 2.06. The zero-order valence-corrected chi connectivity index (χ0v) is 25.1. The van der Waals surface area contributed by atoms with Crippen molar-refractivity contribution in [3.63, 3.8) is 0 Å². The molecule has 1 N–H and O–H groups in total. The Bertz CT molecular complexity index is 1740. The normalized spacial score (nSPS) is 14.5. The number of amides is 2. The second-order valence-electron chi connectivity index (χ2n) is 10.2. The van der Waals surface area contributed by atoms with Gasteiger partial charge in [-0.15, -0.1) is 0 Å². The van der Waals surface area contributed by atoms with Gasteiger partial charge in [-0.05, 0) is 104 Å². The third kappa shape index (κ3) is 5.77. The molecule has 1 aliphatic heterocycles. The number of thiocarbonyl (C=S) groups is 1. The van der Waals surface area contributed by atoms with Crippen molar-refractivity contribution in [2.45, 2.75) is 43.4 Å². The molecule has 3 aromatic carbocycles. The summed E-state index contributed by atoms with van der Waals surface area (Å²) in [5.41, 5.74) is 5.28. The molecule has 0 atom stereocenters. The third-order valence-electron chi connectivity index (χ3n) is 7.07. The topological polar surface area (TPSA) is 97.5 Å². The fourth-order valence-electron chi connectivity index (χ4n) is 4.82. The minimum Gasteiger partial charge on any atom is -0.318 e. The van der Waals surface area contributed by atoms with Gasteiger partial charge in [-0.3, -0.25) is 29.9 Å². The van der Waals surface area contributed by atoms with Crippen LogP contribution >= 0.6 is 24.0 Å². The van der Waals surface area contributed by atoms with Crippen LogP contribution in [0.1, 0.15) is 42.3 Å². The van der Waals surface area contributed by atoms with Crippen LogP contribution in [-0.4, -0.2) is 26.4 Å². The number of nitrogens with zero attached hydrogens (tertiary/aromatic N) is 3. The number of nitro groups is 1. The number of nitrogens with one attached hydrogen (secondary N) is 1.